The van der Waals surface area contributed by atoms with Crippen molar-refractivity contribution in [3.8, 4) is 0 Å². The van der Waals surface area contributed by atoms with Crippen molar-refractivity contribution in [1.29, 1.82) is 0 Å². The number of rotatable bonds is 3. The summed E-state index contributed by atoms with van der Waals surface area (Å²) in [5.74, 6) is 0.355. The number of nitrogens with one attached hydrogen (secondary N) is 1. The first kappa shape index (κ1) is 11.2. The average Bonchev–Trinajstić information content (AvgIpc) is 2.47. The molecule has 0 unspecified atom stereocenters. The number of alkyl halides is 3. The van der Waals surface area contributed by atoms with Crippen molar-refractivity contribution in [2.24, 2.45) is 5.92 Å². The fourth-order valence-electron chi connectivity index (χ4n) is 0.701. The van der Waals surface area contributed by atoms with Crippen LogP contribution < -0.4 is 5.32 Å². The quantitative estimate of drug-likeness (QED) is 0.859. The molecule has 0 aliphatic rings. The molecule has 1 N–H and O–H groups in total. The molecule has 0 spiro atoms. The predicted molar refractivity (Wildman–Crippen MR) is 48.2 cm³/mol. The maximum atomic E-state index is 12.1. The van der Waals surface area contributed by atoms with Gasteiger partial charge in [0, 0.05) is 6.54 Å². The third-order valence-corrected chi connectivity index (χ3v) is 2.25. The van der Waals surface area contributed by atoms with Crippen molar-refractivity contribution >= 4 is 16.5 Å². The highest BCUT2D eigenvalue weighted by Gasteiger charge is 2.35. The van der Waals surface area contributed by atoms with Gasteiger partial charge in [-0.25, -0.2) is 0 Å². The van der Waals surface area contributed by atoms with Crippen LogP contribution in [-0.2, 0) is 6.18 Å². The van der Waals surface area contributed by atoms with Gasteiger partial charge in [-0.3, -0.25) is 0 Å². The molecule has 3 nitrogen and oxygen atoms in total. The fourth-order valence-corrected chi connectivity index (χ4v) is 1.32. The summed E-state index contributed by atoms with van der Waals surface area (Å²) in [4.78, 5) is 0. The molecule has 0 amide bonds. The highest BCUT2D eigenvalue weighted by atomic mass is 32.1. The van der Waals surface area contributed by atoms with Crippen molar-refractivity contribution in [3.63, 3.8) is 0 Å². The molecule has 0 aliphatic heterocycles. The van der Waals surface area contributed by atoms with Gasteiger partial charge in [0.25, 0.3) is 0 Å². The van der Waals surface area contributed by atoms with Crippen LogP contribution in [0.4, 0.5) is 18.3 Å². The minimum atomic E-state index is -4.39. The first-order valence-electron chi connectivity index (χ1n) is 4.04. The first-order chi connectivity index (χ1) is 6.39. The summed E-state index contributed by atoms with van der Waals surface area (Å²) in [6, 6.07) is 0. The highest BCUT2D eigenvalue weighted by Crippen LogP contribution is 2.32. The third kappa shape index (κ3) is 3.13. The Labute approximate surface area is 83.4 Å². The normalized spacial score (nSPS) is 12.1. The topological polar surface area (TPSA) is 37.8 Å². The zero-order valence-electron chi connectivity index (χ0n) is 7.72. The van der Waals surface area contributed by atoms with Crippen LogP contribution in [-0.4, -0.2) is 16.7 Å². The fraction of sp³-hybridized carbons (Fsp3) is 0.714. The van der Waals surface area contributed by atoms with E-state index in [0.717, 1.165) is 0 Å². The van der Waals surface area contributed by atoms with Gasteiger partial charge in [0.1, 0.15) is 0 Å². The van der Waals surface area contributed by atoms with Crippen LogP contribution in [0, 0.1) is 5.92 Å². The van der Waals surface area contributed by atoms with E-state index in [4.69, 9.17) is 0 Å². The van der Waals surface area contributed by atoms with Gasteiger partial charge in [0.15, 0.2) is 0 Å². The Morgan fingerprint density at radius 2 is 2.00 bits per heavy atom. The number of aromatic nitrogens is 2. The standard InChI is InChI=1S/C7H10F3N3S/c1-4(2)3-11-6-13-12-5(14-6)7(8,9)10/h4H,3H2,1-2H3,(H,11,13). The van der Waals surface area contributed by atoms with E-state index in [1.165, 1.54) is 0 Å². The Morgan fingerprint density at radius 3 is 2.43 bits per heavy atom. The second-order valence-corrected chi connectivity index (χ2v) is 4.16. The van der Waals surface area contributed by atoms with Crippen molar-refractivity contribution < 1.29 is 13.2 Å². The third-order valence-electron chi connectivity index (χ3n) is 1.33. The van der Waals surface area contributed by atoms with E-state index in [9.17, 15) is 13.2 Å². The Kier molecular flexibility index (Phi) is 3.30. The molecule has 1 heterocycles. The SMILES string of the molecule is CC(C)CNc1nnc(C(F)(F)F)s1. The Bertz CT molecular complexity index is 295. The smallest absolute Gasteiger partial charge is 0.360 e. The van der Waals surface area contributed by atoms with Crippen molar-refractivity contribution in [2.45, 2.75) is 20.0 Å². The molecular weight excluding hydrogens is 215 g/mol. The first-order valence-corrected chi connectivity index (χ1v) is 4.86. The van der Waals surface area contributed by atoms with E-state index in [1.807, 2.05) is 13.8 Å². The molecule has 0 saturated carbocycles. The lowest BCUT2D eigenvalue weighted by atomic mass is 10.2. The molecule has 0 saturated heterocycles. The van der Waals surface area contributed by atoms with Crippen LogP contribution in [0.2, 0.25) is 0 Å². The molecule has 0 aliphatic carbocycles. The van der Waals surface area contributed by atoms with Gasteiger partial charge in [-0.15, -0.1) is 10.2 Å². The largest absolute Gasteiger partial charge is 0.445 e. The Balaban J connectivity index is 2.60. The van der Waals surface area contributed by atoms with E-state index >= 15 is 0 Å². The van der Waals surface area contributed by atoms with E-state index in [1.54, 1.807) is 0 Å². The lowest BCUT2D eigenvalue weighted by molar-refractivity contribution is -0.138. The van der Waals surface area contributed by atoms with Crippen molar-refractivity contribution in [2.75, 3.05) is 11.9 Å². The summed E-state index contributed by atoms with van der Waals surface area (Å²) in [6.07, 6.45) is -4.39. The van der Waals surface area contributed by atoms with E-state index in [0.29, 0.717) is 23.8 Å². The second kappa shape index (κ2) is 4.12. The summed E-state index contributed by atoms with van der Waals surface area (Å²) in [5, 5.41) is 8.52. The number of nitrogens with zero attached hydrogens (tertiary/aromatic N) is 2. The van der Waals surface area contributed by atoms with Crippen LogP contribution in [0.25, 0.3) is 0 Å². The molecule has 14 heavy (non-hydrogen) atoms. The van der Waals surface area contributed by atoms with E-state index < -0.39 is 11.2 Å². The van der Waals surface area contributed by atoms with Gasteiger partial charge in [-0.05, 0) is 5.92 Å². The van der Waals surface area contributed by atoms with Crippen molar-refractivity contribution in [1.82, 2.24) is 10.2 Å². The molecule has 0 radical (unpaired) electrons. The molecule has 1 aromatic rings. The van der Waals surface area contributed by atoms with Gasteiger partial charge >= 0.3 is 6.18 Å². The number of anilines is 1. The maximum Gasteiger partial charge on any atom is 0.445 e. The van der Waals surface area contributed by atoms with Crippen LogP contribution in [0.1, 0.15) is 18.9 Å². The minimum Gasteiger partial charge on any atom is -0.360 e. The van der Waals surface area contributed by atoms with Crippen LogP contribution in [0.15, 0.2) is 0 Å². The minimum absolute atomic E-state index is 0.214. The Morgan fingerprint density at radius 1 is 1.36 bits per heavy atom. The maximum absolute atomic E-state index is 12.1. The van der Waals surface area contributed by atoms with Gasteiger partial charge < -0.3 is 5.32 Å². The monoisotopic (exact) mass is 225 g/mol. The van der Waals surface area contributed by atoms with Gasteiger partial charge in [0.05, 0.1) is 0 Å². The molecule has 0 fully saturated rings. The molecular formula is C7H10F3N3S. The number of halogens is 3. The lowest BCUT2D eigenvalue weighted by Gasteiger charge is -2.03. The average molecular weight is 225 g/mol. The van der Waals surface area contributed by atoms with Crippen LogP contribution >= 0.6 is 11.3 Å². The molecule has 1 aromatic heterocycles. The lowest BCUT2D eigenvalue weighted by Crippen LogP contribution is -2.07. The van der Waals surface area contributed by atoms with Crippen LogP contribution in [0.3, 0.4) is 0 Å². The van der Waals surface area contributed by atoms with Crippen molar-refractivity contribution in [3.05, 3.63) is 5.01 Å². The summed E-state index contributed by atoms with van der Waals surface area (Å²) in [5.41, 5.74) is 0. The zero-order chi connectivity index (χ0) is 10.8. The van der Waals surface area contributed by atoms with Gasteiger partial charge in [0.2, 0.25) is 10.1 Å². The second-order valence-electron chi connectivity index (χ2n) is 3.18. The summed E-state index contributed by atoms with van der Waals surface area (Å²) in [6.45, 7) is 4.50. The number of hydrogen-bond donors (Lipinski definition) is 1. The van der Waals surface area contributed by atoms with E-state index in [2.05, 4.69) is 15.5 Å². The molecule has 80 valence electrons. The summed E-state index contributed by atoms with van der Waals surface area (Å²) < 4.78 is 36.2. The van der Waals surface area contributed by atoms with Crippen LogP contribution in [0.5, 0.6) is 0 Å². The molecule has 0 bridgehead atoms. The van der Waals surface area contributed by atoms with Gasteiger partial charge in [-0.1, -0.05) is 25.2 Å². The Hall–Kier alpha value is -0.850. The summed E-state index contributed by atoms with van der Waals surface area (Å²) in [7, 11) is 0. The summed E-state index contributed by atoms with van der Waals surface area (Å²) >= 11 is 0.523. The molecule has 0 aromatic carbocycles. The molecule has 7 heteroatoms. The van der Waals surface area contributed by atoms with Gasteiger partial charge in [-0.2, -0.15) is 13.2 Å². The zero-order valence-corrected chi connectivity index (χ0v) is 8.54. The highest BCUT2D eigenvalue weighted by molar-refractivity contribution is 7.15. The van der Waals surface area contributed by atoms with E-state index in [-0.39, 0.29) is 5.13 Å². The predicted octanol–water partition coefficient (Wildman–Crippen LogP) is 2.62. The molecule has 0 atom stereocenters. The molecule has 1 rings (SSSR count). The number of hydrogen-bond acceptors (Lipinski definition) is 4.